The Labute approximate surface area is 110 Å². The summed E-state index contributed by atoms with van der Waals surface area (Å²) in [4.78, 5) is 2.18. The molecule has 0 saturated heterocycles. The zero-order valence-corrected chi connectivity index (χ0v) is 11.5. The molecule has 0 bridgehead atoms. The summed E-state index contributed by atoms with van der Waals surface area (Å²) in [5.41, 5.74) is 1.26. The number of rotatable bonds is 9. The Morgan fingerprint density at radius 2 is 2.28 bits per heavy atom. The van der Waals surface area contributed by atoms with E-state index in [1.165, 1.54) is 5.56 Å². The molecule has 0 spiro atoms. The molecule has 0 unspecified atom stereocenters. The molecular formula is C15H24N2O. The molecule has 1 aromatic rings. The van der Waals surface area contributed by atoms with Crippen molar-refractivity contribution in [2.24, 2.45) is 0 Å². The van der Waals surface area contributed by atoms with E-state index in [-0.39, 0.29) is 0 Å². The van der Waals surface area contributed by atoms with Crippen LogP contribution >= 0.6 is 0 Å². The van der Waals surface area contributed by atoms with Crippen molar-refractivity contribution < 1.29 is 4.74 Å². The first-order valence-corrected chi connectivity index (χ1v) is 6.48. The highest BCUT2D eigenvalue weighted by Gasteiger charge is 1.98. The molecule has 18 heavy (non-hydrogen) atoms. The highest BCUT2D eigenvalue weighted by molar-refractivity contribution is 5.28. The first kappa shape index (κ1) is 14.7. The highest BCUT2D eigenvalue weighted by atomic mass is 16.5. The van der Waals surface area contributed by atoms with Gasteiger partial charge in [0.1, 0.15) is 12.4 Å². The van der Waals surface area contributed by atoms with E-state index < -0.39 is 0 Å². The van der Waals surface area contributed by atoms with Gasteiger partial charge in [-0.2, -0.15) is 0 Å². The number of likely N-dealkylation sites (N-methyl/N-ethyl adjacent to an activating group) is 1. The first-order valence-electron chi connectivity index (χ1n) is 6.48. The SMILES string of the molecule is C=CCN(C)CCOc1cccc(CNCC)c1. The number of nitrogens with zero attached hydrogens (tertiary/aromatic N) is 1. The van der Waals surface area contributed by atoms with Gasteiger partial charge in [-0.05, 0) is 31.3 Å². The predicted octanol–water partition coefficient (Wildman–Crippen LogP) is 2.29. The Kier molecular flexibility index (Phi) is 7.14. The van der Waals surface area contributed by atoms with Crippen molar-refractivity contribution >= 4 is 0 Å². The van der Waals surface area contributed by atoms with Crippen LogP contribution in [0.3, 0.4) is 0 Å². The van der Waals surface area contributed by atoms with Crippen LogP contribution in [-0.4, -0.2) is 38.2 Å². The summed E-state index contributed by atoms with van der Waals surface area (Å²) in [7, 11) is 2.06. The lowest BCUT2D eigenvalue weighted by Crippen LogP contribution is -2.24. The average Bonchev–Trinajstić information content (AvgIpc) is 2.37. The molecule has 0 aliphatic carbocycles. The second-order valence-electron chi connectivity index (χ2n) is 4.33. The van der Waals surface area contributed by atoms with Gasteiger partial charge in [-0.15, -0.1) is 6.58 Å². The van der Waals surface area contributed by atoms with E-state index in [2.05, 4.69) is 42.9 Å². The smallest absolute Gasteiger partial charge is 0.119 e. The monoisotopic (exact) mass is 248 g/mol. The summed E-state index contributed by atoms with van der Waals surface area (Å²) < 4.78 is 5.74. The lowest BCUT2D eigenvalue weighted by molar-refractivity contribution is 0.249. The van der Waals surface area contributed by atoms with Crippen LogP contribution in [0.2, 0.25) is 0 Å². The van der Waals surface area contributed by atoms with Crippen molar-refractivity contribution in [2.45, 2.75) is 13.5 Å². The lowest BCUT2D eigenvalue weighted by Gasteiger charge is -2.15. The Balaban J connectivity index is 2.35. The van der Waals surface area contributed by atoms with Crippen LogP contribution in [0.15, 0.2) is 36.9 Å². The third-order valence-corrected chi connectivity index (χ3v) is 2.66. The Morgan fingerprint density at radius 3 is 3.00 bits per heavy atom. The topological polar surface area (TPSA) is 24.5 Å². The molecule has 3 nitrogen and oxygen atoms in total. The van der Waals surface area contributed by atoms with Gasteiger partial charge in [-0.3, -0.25) is 4.90 Å². The summed E-state index contributed by atoms with van der Waals surface area (Å²) in [5.74, 6) is 0.942. The zero-order chi connectivity index (χ0) is 13.2. The molecule has 3 heteroatoms. The Bertz CT molecular complexity index is 352. The number of hydrogen-bond acceptors (Lipinski definition) is 3. The van der Waals surface area contributed by atoms with Crippen LogP contribution in [0, 0.1) is 0 Å². The number of ether oxygens (including phenoxy) is 1. The van der Waals surface area contributed by atoms with Gasteiger partial charge in [0, 0.05) is 19.6 Å². The van der Waals surface area contributed by atoms with E-state index in [0.29, 0.717) is 6.61 Å². The molecule has 0 amide bonds. The normalized spacial score (nSPS) is 10.6. The Morgan fingerprint density at radius 1 is 1.44 bits per heavy atom. The summed E-state index contributed by atoms with van der Waals surface area (Å²) in [5, 5.41) is 3.31. The maximum atomic E-state index is 5.74. The quantitative estimate of drug-likeness (QED) is 0.679. The van der Waals surface area contributed by atoms with Crippen LogP contribution in [-0.2, 0) is 6.54 Å². The molecule has 100 valence electrons. The fourth-order valence-corrected chi connectivity index (χ4v) is 1.65. The standard InChI is InChI=1S/C15H24N2O/c1-4-9-17(3)10-11-18-15-8-6-7-14(12-15)13-16-5-2/h4,6-8,12,16H,1,5,9-11,13H2,2-3H3. The largest absolute Gasteiger partial charge is 0.492 e. The van der Waals surface area contributed by atoms with E-state index in [9.17, 15) is 0 Å². The number of hydrogen-bond donors (Lipinski definition) is 1. The van der Waals surface area contributed by atoms with Gasteiger partial charge < -0.3 is 10.1 Å². The van der Waals surface area contributed by atoms with Crippen LogP contribution in [0.4, 0.5) is 0 Å². The van der Waals surface area contributed by atoms with Gasteiger partial charge in [0.15, 0.2) is 0 Å². The van der Waals surface area contributed by atoms with Crippen LogP contribution in [0.5, 0.6) is 5.75 Å². The molecule has 0 atom stereocenters. The van der Waals surface area contributed by atoms with Gasteiger partial charge in [-0.25, -0.2) is 0 Å². The minimum absolute atomic E-state index is 0.703. The average molecular weight is 248 g/mol. The summed E-state index contributed by atoms with van der Waals surface area (Å²) >= 11 is 0. The third-order valence-electron chi connectivity index (χ3n) is 2.66. The molecular weight excluding hydrogens is 224 g/mol. The molecule has 0 saturated carbocycles. The molecule has 1 rings (SSSR count). The van der Waals surface area contributed by atoms with Crippen LogP contribution < -0.4 is 10.1 Å². The zero-order valence-electron chi connectivity index (χ0n) is 11.5. The van der Waals surface area contributed by atoms with E-state index in [4.69, 9.17) is 4.74 Å². The van der Waals surface area contributed by atoms with Crippen LogP contribution in [0.1, 0.15) is 12.5 Å². The van der Waals surface area contributed by atoms with E-state index in [1.807, 2.05) is 18.2 Å². The lowest BCUT2D eigenvalue weighted by atomic mass is 10.2. The Hall–Kier alpha value is -1.32. The molecule has 0 fully saturated rings. The van der Waals surface area contributed by atoms with Crippen molar-refractivity contribution in [3.63, 3.8) is 0 Å². The third kappa shape index (κ3) is 5.84. The van der Waals surface area contributed by atoms with Crippen molar-refractivity contribution in [1.29, 1.82) is 0 Å². The summed E-state index contributed by atoms with van der Waals surface area (Å²) in [6, 6.07) is 8.24. The molecule has 0 heterocycles. The molecule has 1 aromatic carbocycles. The van der Waals surface area contributed by atoms with Gasteiger partial charge in [0.25, 0.3) is 0 Å². The minimum Gasteiger partial charge on any atom is -0.492 e. The highest BCUT2D eigenvalue weighted by Crippen LogP contribution is 2.13. The van der Waals surface area contributed by atoms with Crippen molar-refractivity contribution in [2.75, 3.05) is 33.3 Å². The van der Waals surface area contributed by atoms with Crippen molar-refractivity contribution in [3.05, 3.63) is 42.5 Å². The van der Waals surface area contributed by atoms with Crippen molar-refractivity contribution in [3.8, 4) is 5.75 Å². The van der Waals surface area contributed by atoms with Gasteiger partial charge in [-0.1, -0.05) is 25.1 Å². The number of benzene rings is 1. The van der Waals surface area contributed by atoms with Gasteiger partial charge in [0.2, 0.25) is 0 Å². The first-order chi connectivity index (χ1) is 8.76. The van der Waals surface area contributed by atoms with Gasteiger partial charge >= 0.3 is 0 Å². The van der Waals surface area contributed by atoms with E-state index >= 15 is 0 Å². The molecule has 0 aromatic heterocycles. The molecule has 0 aliphatic rings. The van der Waals surface area contributed by atoms with Gasteiger partial charge in [0.05, 0.1) is 0 Å². The van der Waals surface area contributed by atoms with E-state index in [1.54, 1.807) is 0 Å². The fourth-order valence-electron chi connectivity index (χ4n) is 1.65. The number of nitrogens with one attached hydrogen (secondary N) is 1. The predicted molar refractivity (Wildman–Crippen MR) is 77.0 cm³/mol. The molecule has 1 N–H and O–H groups in total. The van der Waals surface area contributed by atoms with E-state index in [0.717, 1.165) is 31.9 Å². The second-order valence-corrected chi connectivity index (χ2v) is 4.33. The maximum Gasteiger partial charge on any atom is 0.119 e. The van der Waals surface area contributed by atoms with Crippen molar-refractivity contribution in [1.82, 2.24) is 10.2 Å². The summed E-state index contributed by atoms with van der Waals surface area (Å²) in [6.45, 7) is 10.2. The molecule has 0 aliphatic heterocycles. The fraction of sp³-hybridized carbons (Fsp3) is 0.467. The second kappa shape index (κ2) is 8.72. The minimum atomic E-state index is 0.703. The molecule has 0 radical (unpaired) electrons. The maximum absolute atomic E-state index is 5.74. The van der Waals surface area contributed by atoms with Crippen LogP contribution in [0.25, 0.3) is 0 Å². The summed E-state index contributed by atoms with van der Waals surface area (Å²) in [6.07, 6.45) is 1.90.